The average Bonchev–Trinajstić information content (AvgIpc) is 2.16. The van der Waals surface area contributed by atoms with E-state index in [4.69, 9.17) is 5.73 Å². The second-order valence-electron chi connectivity index (χ2n) is 2.97. The van der Waals surface area contributed by atoms with Crippen LogP contribution in [0.2, 0.25) is 0 Å². The van der Waals surface area contributed by atoms with Crippen molar-refractivity contribution in [3.8, 4) is 5.75 Å². The second kappa shape index (κ2) is 2.99. The molecule has 1 heterocycles. The van der Waals surface area contributed by atoms with Crippen LogP contribution in [0.5, 0.6) is 5.75 Å². The topological polar surface area (TPSA) is 76.2 Å². The molecule has 0 unspecified atom stereocenters. The molecule has 3 N–H and O–H groups in total. The van der Waals surface area contributed by atoms with Crippen LogP contribution in [0.4, 0.5) is 0 Å². The molecule has 0 radical (unpaired) electrons. The maximum atomic E-state index is 10.9. The van der Waals surface area contributed by atoms with Crippen molar-refractivity contribution in [3.63, 3.8) is 0 Å². The minimum absolute atomic E-state index is 0.0686. The van der Waals surface area contributed by atoms with Gasteiger partial charge in [-0.1, -0.05) is 0 Å². The number of primary amides is 1. The summed E-state index contributed by atoms with van der Waals surface area (Å²) in [4.78, 5) is 14.8. The predicted octanol–water partition coefficient (Wildman–Crippen LogP) is 1.04. The standard InChI is InChI=1S/C10H8N2O2/c11-10(14)6-1-2-9-7(3-6)4-8(13)5-12-9/h1-5,13H,(H2,11,14). The van der Waals surface area contributed by atoms with Crippen molar-refractivity contribution < 1.29 is 9.90 Å². The molecule has 0 aliphatic rings. The number of nitrogens with zero attached hydrogens (tertiary/aromatic N) is 1. The number of pyridine rings is 1. The van der Waals surface area contributed by atoms with Gasteiger partial charge in [-0.15, -0.1) is 0 Å². The highest BCUT2D eigenvalue weighted by atomic mass is 16.3. The van der Waals surface area contributed by atoms with Crippen molar-refractivity contribution in [2.45, 2.75) is 0 Å². The molecule has 0 bridgehead atoms. The highest BCUT2D eigenvalue weighted by Gasteiger charge is 2.02. The SMILES string of the molecule is NC(=O)c1ccc2ncc(O)cc2c1. The zero-order chi connectivity index (χ0) is 10.1. The number of benzene rings is 1. The Morgan fingerprint density at radius 3 is 2.86 bits per heavy atom. The molecule has 2 rings (SSSR count). The molecule has 4 heteroatoms. The van der Waals surface area contributed by atoms with Crippen LogP contribution in [0.15, 0.2) is 30.5 Å². The lowest BCUT2D eigenvalue weighted by Crippen LogP contribution is -2.10. The Bertz CT molecular complexity index is 508. The first-order chi connectivity index (χ1) is 6.66. The Morgan fingerprint density at radius 2 is 2.14 bits per heavy atom. The van der Waals surface area contributed by atoms with Crippen molar-refractivity contribution in [3.05, 3.63) is 36.0 Å². The summed E-state index contributed by atoms with van der Waals surface area (Å²) in [7, 11) is 0. The number of amides is 1. The minimum atomic E-state index is -0.491. The Morgan fingerprint density at radius 1 is 1.36 bits per heavy atom. The summed E-state index contributed by atoms with van der Waals surface area (Å²) in [5.74, 6) is -0.422. The van der Waals surface area contributed by atoms with Crippen LogP contribution >= 0.6 is 0 Å². The van der Waals surface area contributed by atoms with Gasteiger partial charge in [-0.3, -0.25) is 9.78 Å². The normalized spacial score (nSPS) is 10.3. The summed E-state index contributed by atoms with van der Waals surface area (Å²) in [6, 6.07) is 6.43. The van der Waals surface area contributed by atoms with E-state index in [2.05, 4.69) is 4.98 Å². The monoisotopic (exact) mass is 188 g/mol. The average molecular weight is 188 g/mol. The number of rotatable bonds is 1. The largest absolute Gasteiger partial charge is 0.506 e. The lowest BCUT2D eigenvalue weighted by atomic mass is 10.1. The third kappa shape index (κ3) is 1.37. The van der Waals surface area contributed by atoms with Gasteiger partial charge in [0.1, 0.15) is 5.75 Å². The van der Waals surface area contributed by atoms with E-state index in [1.807, 2.05) is 0 Å². The number of carbonyl (C=O) groups is 1. The fourth-order valence-corrected chi connectivity index (χ4v) is 1.27. The summed E-state index contributed by atoms with van der Waals surface area (Å²) in [5.41, 5.74) is 6.24. The van der Waals surface area contributed by atoms with Crippen molar-refractivity contribution in [1.29, 1.82) is 0 Å². The first-order valence-corrected chi connectivity index (χ1v) is 4.05. The lowest BCUT2D eigenvalue weighted by molar-refractivity contribution is 0.100. The van der Waals surface area contributed by atoms with Gasteiger partial charge < -0.3 is 10.8 Å². The summed E-state index contributed by atoms with van der Waals surface area (Å²) in [5, 5.41) is 9.88. The van der Waals surface area contributed by atoms with E-state index < -0.39 is 5.91 Å². The summed E-state index contributed by atoms with van der Waals surface area (Å²) >= 11 is 0. The number of hydrogen-bond acceptors (Lipinski definition) is 3. The van der Waals surface area contributed by atoms with Crippen LogP contribution in [0.1, 0.15) is 10.4 Å². The van der Waals surface area contributed by atoms with Crippen LogP contribution < -0.4 is 5.73 Å². The first-order valence-electron chi connectivity index (χ1n) is 4.05. The second-order valence-corrected chi connectivity index (χ2v) is 2.97. The number of carbonyl (C=O) groups excluding carboxylic acids is 1. The molecule has 0 spiro atoms. The van der Waals surface area contributed by atoms with Crippen molar-refractivity contribution in [2.24, 2.45) is 5.73 Å². The van der Waals surface area contributed by atoms with Gasteiger partial charge in [0.2, 0.25) is 5.91 Å². The molecule has 1 aromatic carbocycles. The molecule has 0 aliphatic heterocycles. The van der Waals surface area contributed by atoms with Crippen molar-refractivity contribution >= 4 is 16.8 Å². The van der Waals surface area contributed by atoms with Crippen molar-refractivity contribution in [1.82, 2.24) is 4.98 Å². The molecule has 2 aromatic rings. The smallest absolute Gasteiger partial charge is 0.248 e. The molecule has 70 valence electrons. The number of hydrogen-bond donors (Lipinski definition) is 2. The number of aromatic hydroxyl groups is 1. The zero-order valence-corrected chi connectivity index (χ0v) is 7.27. The van der Waals surface area contributed by atoms with Gasteiger partial charge in [-0.05, 0) is 24.3 Å². The minimum Gasteiger partial charge on any atom is -0.506 e. The zero-order valence-electron chi connectivity index (χ0n) is 7.27. The molecular formula is C10H8N2O2. The Kier molecular flexibility index (Phi) is 1.81. The maximum Gasteiger partial charge on any atom is 0.248 e. The van der Waals surface area contributed by atoms with E-state index >= 15 is 0 Å². The highest BCUT2D eigenvalue weighted by Crippen LogP contribution is 2.18. The predicted molar refractivity (Wildman–Crippen MR) is 51.9 cm³/mol. The van der Waals surface area contributed by atoms with Gasteiger partial charge in [0, 0.05) is 10.9 Å². The van der Waals surface area contributed by atoms with E-state index in [1.54, 1.807) is 18.2 Å². The molecule has 0 saturated carbocycles. The summed E-state index contributed by atoms with van der Waals surface area (Å²) in [6.07, 6.45) is 1.35. The Hall–Kier alpha value is -2.10. The molecule has 1 aromatic heterocycles. The number of aromatic nitrogens is 1. The molecule has 0 saturated heterocycles. The van der Waals surface area contributed by atoms with Crippen LogP contribution in [0.25, 0.3) is 10.9 Å². The van der Waals surface area contributed by atoms with E-state index in [0.29, 0.717) is 16.5 Å². The van der Waals surface area contributed by atoms with Crippen LogP contribution in [-0.2, 0) is 0 Å². The summed E-state index contributed by atoms with van der Waals surface area (Å²) in [6.45, 7) is 0. The van der Waals surface area contributed by atoms with E-state index in [1.165, 1.54) is 12.3 Å². The highest BCUT2D eigenvalue weighted by molar-refractivity contribution is 5.96. The van der Waals surface area contributed by atoms with Gasteiger partial charge in [0.05, 0.1) is 11.7 Å². The van der Waals surface area contributed by atoms with Crippen LogP contribution in [0, 0.1) is 0 Å². The van der Waals surface area contributed by atoms with Crippen LogP contribution in [0.3, 0.4) is 0 Å². The fourth-order valence-electron chi connectivity index (χ4n) is 1.27. The third-order valence-electron chi connectivity index (χ3n) is 1.95. The summed E-state index contributed by atoms with van der Waals surface area (Å²) < 4.78 is 0. The molecular weight excluding hydrogens is 180 g/mol. The Balaban J connectivity index is 2.69. The third-order valence-corrected chi connectivity index (χ3v) is 1.95. The van der Waals surface area contributed by atoms with Gasteiger partial charge in [-0.25, -0.2) is 0 Å². The van der Waals surface area contributed by atoms with E-state index in [0.717, 1.165) is 0 Å². The van der Waals surface area contributed by atoms with Gasteiger partial charge in [0.25, 0.3) is 0 Å². The first kappa shape index (κ1) is 8.50. The quantitative estimate of drug-likeness (QED) is 0.701. The molecule has 1 amide bonds. The lowest BCUT2D eigenvalue weighted by Gasteiger charge is -1.99. The molecule has 4 nitrogen and oxygen atoms in total. The fraction of sp³-hybridized carbons (Fsp3) is 0. The number of fused-ring (bicyclic) bond motifs is 1. The number of nitrogens with two attached hydrogens (primary N) is 1. The van der Waals surface area contributed by atoms with Crippen molar-refractivity contribution in [2.75, 3.05) is 0 Å². The van der Waals surface area contributed by atoms with Crippen LogP contribution in [-0.4, -0.2) is 16.0 Å². The maximum absolute atomic E-state index is 10.9. The van der Waals surface area contributed by atoms with Gasteiger partial charge in [0.15, 0.2) is 0 Å². The molecule has 0 fully saturated rings. The van der Waals surface area contributed by atoms with E-state index in [-0.39, 0.29) is 5.75 Å². The molecule has 14 heavy (non-hydrogen) atoms. The van der Waals surface area contributed by atoms with Gasteiger partial charge >= 0.3 is 0 Å². The van der Waals surface area contributed by atoms with E-state index in [9.17, 15) is 9.90 Å². The molecule has 0 aliphatic carbocycles. The molecule has 0 atom stereocenters. The Labute approximate surface area is 80.0 Å². The van der Waals surface area contributed by atoms with Gasteiger partial charge in [-0.2, -0.15) is 0 Å².